The fourth-order valence-electron chi connectivity index (χ4n) is 2.37. The van der Waals surface area contributed by atoms with Crippen LogP contribution in [-0.2, 0) is 11.3 Å². The molecule has 0 saturated heterocycles. The van der Waals surface area contributed by atoms with Gasteiger partial charge in [-0.05, 0) is 48.9 Å². The second-order valence-corrected chi connectivity index (χ2v) is 7.24. The number of carbonyl (C=O) groups excluding carboxylic acids is 1. The van der Waals surface area contributed by atoms with Crippen LogP contribution < -0.4 is 5.32 Å². The van der Waals surface area contributed by atoms with E-state index in [4.69, 9.17) is 11.6 Å². The predicted octanol–water partition coefficient (Wildman–Crippen LogP) is 4.65. The molecule has 4 nitrogen and oxygen atoms in total. The van der Waals surface area contributed by atoms with Gasteiger partial charge in [-0.1, -0.05) is 41.6 Å². The molecule has 1 amide bonds. The topological polar surface area (TPSA) is 54.9 Å². The van der Waals surface area contributed by atoms with Crippen molar-refractivity contribution in [1.29, 1.82) is 0 Å². The number of amides is 1. The number of nitrogens with one attached hydrogen (secondary N) is 1. The van der Waals surface area contributed by atoms with Gasteiger partial charge >= 0.3 is 0 Å². The Morgan fingerprint density at radius 2 is 1.89 bits per heavy atom. The molecule has 0 saturated carbocycles. The lowest BCUT2D eigenvalue weighted by molar-refractivity contribution is -0.118. The van der Waals surface area contributed by atoms with Gasteiger partial charge in [0.2, 0.25) is 5.91 Å². The molecule has 27 heavy (non-hydrogen) atoms. The standard InChI is InChI=1S/C20H17ClFN3OS/c1-13-10-19(25-20(24-13)14-6-8-16(22)9-7-14)27-12-18(26)23-11-15-4-2-3-5-17(15)21/h2-10H,11-12H2,1H3,(H,23,26). The Balaban J connectivity index is 1.61. The minimum atomic E-state index is -0.309. The van der Waals surface area contributed by atoms with Gasteiger partial charge in [0.25, 0.3) is 0 Å². The smallest absolute Gasteiger partial charge is 0.230 e. The molecular formula is C20H17ClFN3OS. The first-order valence-corrected chi connectivity index (χ1v) is 9.62. The predicted molar refractivity (Wildman–Crippen MR) is 106 cm³/mol. The van der Waals surface area contributed by atoms with Crippen LogP contribution in [0.2, 0.25) is 5.02 Å². The number of nitrogens with zero attached hydrogens (tertiary/aromatic N) is 2. The first-order chi connectivity index (χ1) is 13.0. The molecule has 0 aliphatic carbocycles. The van der Waals surface area contributed by atoms with E-state index in [-0.39, 0.29) is 17.5 Å². The maximum absolute atomic E-state index is 13.1. The van der Waals surface area contributed by atoms with Crippen LogP contribution in [0, 0.1) is 12.7 Å². The molecule has 0 aliphatic rings. The van der Waals surface area contributed by atoms with Crippen LogP contribution in [0.1, 0.15) is 11.3 Å². The van der Waals surface area contributed by atoms with Crippen molar-refractivity contribution in [1.82, 2.24) is 15.3 Å². The molecule has 3 rings (SSSR count). The van der Waals surface area contributed by atoms with Gasteiger partial charge in [0.15, 0.2) is 5.82 Å². The van der Waals surface area contributed by atoms with Crippen molar-refractivity contribution in [2.45, 2.75) is 18.5 Å². The maximum atomic E-state index is 13.1. The van der Waals surface area contributed by atoms with Gasteiger partial charge in [-0.15, -0.1) is 0 Å². The Morgan fingerprint density at radius 3 is 2.63 bits per heavy atom. The third-order valence-electron chi connectivity index (χ3n) is 3.72. The SMILES string of the molecule is Cc1cc(SCC(=O)NCc2ccccc2Cl)nc(-c2ccc(F)cc2)n1. The second-order valence-electron chi connectivity index (χ2n) is 5.83. The van der Waals surface area contributed by atoms with E-state index in [1.165, 1.54) is 23.9 Å². The van der Waals surface area contributed by atoms with Crippen molar-refractivity contribution in [2.24, 2.45) is 0 Å². The highest BCUT2D eigenvalue weighted by molar-refractivity contribution is 7.99. The molecule has 0 atom stereocenters. The molecule has 138 valence electrons. The van der Waals surface area contributed by atoms with Gasteiger partial charge in [-0.2, -0.15) is 0 Å². The van der Waals surface area contributed by atoms with E-state index in [1.807, 2.05) is 31.2 Å². The summed E-state index contributed by atoms with van der Waals surface area (Å²) in [6.45, 7) is 2.24. The van der Waals surface area contributed by atoms with E-state index in [0.717, 1.165) is 16.8 Å². The number of benzene rings is 2. The summed E-state index contributed by atoms with van der Waals surface area (Å²) >= 11 is 7.41. The van der Waals surface area contributed by atoms with Crippen LogP contribution in [0.5, 0.6) is 0 Å². The summed E-state index contributed by atoms with van der Waals surface area (Å²) in [4.78, 5) is 21.0. The number of aromatic nitrogens is 2. The molecule has 3 aromatic rings. The summed E-state index contributed by atoms with van der Waals surface area (Å²) in [6, 6.07) is 15.2. The Morgan fingerprint density at radius 1 is 1.15 bits per heavy atom. The highest BCUT2D eigenvalue weighted by Crippen LogP contribution is 2.22. The van der Waals surface area contributed by atoms with Crippen molar-refractivity contribution in [3.05, 3.63) is 76.7 Å². The average molecular weight is 402 g/mol. The normalized spacial score (nSPS) is 10.6. The van der Waals surface area contributed by atoms with Crippen molar-refractivity contribution in [3.8, 4) is 11.4 Å². The van der Waals surface area contributed by atoms with Crippen LogP contribution in [0.15, 0.2) is 59.6 Å². The first kappa shape index (κ1) is 19.3. The van der Waals surface area contributed by atoms with Crippen molar-refractivity contribution < 1.29 is 9.18 Å². The number of hydrogen-bond donors (Lipinski definition) is 1. The van der Waals surface area contributed by atoms with Gasteiger partial charge in [0.05, 0.1) is 5.75 Å². The molecule has 0 spiro atoms. The summed E-state index contributed by atoms with van der Waals surface area (Å²) in [5, 5.41) is 4.16. The van der Waals surface area contributed by atoms with E-state index in [1.54, 1.807) is 18.2 Å². The summed E-state index contributed by atoms with van der Waals surface area (Å²) < 4.78 is 13.1. The fraction of sp³-hybridized carbons (Fsp3) is 0.150. The van der Waals surface area contributed by atoms with Gasteiger partial charge in [0, 0.05) is 22.8 Å². The molecule has 2 aromatic carbocycles. The van der Waals surface area contributed by atoms with Crippen molar-refractivity contribution in [2.75, 3.05) is 5.75 Å². The molecule has 1 heterocycles. The second kappa shape index (κ2) is 8.97. The molecule has 0 fully saturated rings. The van der Waals surface area contributed by atoms with Crippen molar-refractivity contribution in [3.63, 3.8) is 0 Å². The summed E-state index contributed by atoms with van der Waals surface area (Å²) in [7, 11) is 0. The third kappa shape index (κ3) is 5.52. The Hall–Kier alpha value is -2.44. The largest absolute Gasteiger partial charge is 0.351 e. The molecule has 0 bridgehead atoms. The first-order valence-electron chi connectivity index (χ1n) is 8.26. The van der Waals surface area contributed by atoms with E-state index in [0.29, 0.717) is 22.4 Å². The zero-order valence-electron chi connectivity index (χ0n) is 14.6. The van der Waals surface area contributed by atoms with Crippen LogP contribution in [0.25, 0.3) is 11.4 Å². The Bertz CT molecular complexity index is 950. The zero-order valence-corrected chi connectivity index (χ0v) is 16.1. The molecule has 1 aromatic heterocycles. The highest BCUT2D eigenvalue weighted by atomic mass is 35.5. The Kier molecular flexibility index (Phi) is 6.42. The minimum absolute atomic E-state index is 0.112. The number of halogens is 2. The van der Waals surface area contributed by atoms with Crippen LogP contribution in [0.3, 0.4) is 0 Å². The summed E-state index contributed by atoms with van der Waals surface area (Å²) in [5.41, 5.74) is 2.38. The lowest BCUT2D eigenvalue weighted by atomic mass is 10.2. The number of aryl methyl sites for hydroxylation is 1. The average Bonchev–Trinajstić information content (AvgIpc) is 2.66. The maximum Gasteiger partial charge on any atom is 0.230 e. The van der Waals surface area contributed by atoms with E-state index in [2.05, 4.69) is 15.3 Å². The molecular weight excluding hydrogens is 385 g/mol. The molecule has 0 unspecified atom stereocenters. The number of rotatable bonds is 6. The summed E-state index contributed by atoms with van der Waals surface area (Å²) in [5.74, 6) is 0.314. The number of hydrogen-bond acceptors (Lipinski definition) is 4. The minimum Gasteiger partial charge on any atom is -0.351 e. The number of thioether (sulfide) groups is 1. The van der Waals surface area contributed by atoms with Crippen LogP contribution in [-0.4, -0.2) is 21.6 Å². The number of carbonyl (C=O) groups is 1. The lowest BCUT2D eigenvalue weighted by Gasteiger charge is -2.08. The van der Waals surface area contributed by atoms with E-state index >= 15 is 0 Å². The Labute approximate surface area is 166 Å². The van der Waals surface area contributed by atoms with Gasteiger partial charge in [0.1, 0.15) is 10.8 Å². The van der Waals surface area contributed by atoms with Gasteiger partial charge in [-0.25, -0.2) is 14.4 Å². The quantitative estimate of drug-likeness (QED) is 0.482. The highest BCUT2D eigenvalue weighted by Gasteiger charge is 2.09. The van der Waals surface area contributed by atoms with Crippen LogP contribution in [0.4, 0.5) is 4.39 Å². The fourth-order valence-corrected chi connectivity index (χ4v) is 3.36. The zero-order chi connectivity index (χ0) is 19.2. The lowest BCUT2D eigenvalue weighted by Crippen LogP contribution is -2.24. The van der Waals surface area contributed by atoms with Crippen LogP contribution >= 0.6 is 23.4 Å². The van der Waals surface area contributed by atoms with Gasteiger partial charge < -0.3 is 5.32 Å². The molecule has 7 heteroatoms. The third-order valence-corrected chi connectivity index (χ3v) is 5.00. The van der Waals surface area contributed by atoms with E-state index in [9.17, 15) is 9.18 Å². The molecule has 1 N–H and O–H groups in total. The van der Waals surface area contributed by atoms with Gasteiger partial charge in [-0.3, -0.25) is 4.79 Å². The van der Waals surface area contributed by atoms with E-state index < -0.39 is 0 Å². The summed E-state index contributed by atoms with van der Waals surface area (Å²) in [6.07, 6.45) is 0. The monoisotopic (exact) mass is 401 g/mol. The molecule has 0 radical (unpaired) electrons. The molecule has 0 aliphatic heterocycles. The van der Waals surface area contributed by atoms with Crippen molar-refractivity contribution >= 4 is 29.3 Å².